The number of nitrogens with zero attached hydrogens (tertiary/aromatic N) is 4. The SMILES string of the molecule is O=C(C1CCCN(c2ccnc(C3CC3)n2)C1)N1CCC(F)(F)CC1. The van der Waals surface area contributed by atoms with Crippen LogP contribution in [-0.2, 0) is 4.79 Å². The van der Waals surface area contributed by atoms with E-state index in [2.05, 4.69) is 14.9 Å². The average Bonchev–Trinajstić information content (AvgIpc) is 3.47. The molecule has 1 amide bonds. The second-order valence-electron chi connectivity index (χ2n) is 7.51. The molecule has 25 heavy (non-hydrogen) atoms. The Hall–Kier alpha value is -1.79. The Balaban J connectivity index is 1.40. The third-order valence-corrected chi connectivity index (χ3v) is 5.50. The van der Waals surface area contributed by atoms with Crippen molar-refractivity contribution in [3.8, 4) is 0 Å². The van der Waals surface area contributed by atoms with Gasteiger partial charge in [-0.2, -0.15) is 0 Å². The highest BCUT2D eigenvalue weighted by Crippen LogP contribution is 2.38. The van der Waals surface area contributed by atoms with E-state index in [9.17, 15) is 13.6 Å². The van der Waals surface area contributed by atoms with Crippen molar-refractivity contribution in [1.29, 1.82) is 0 Å². The molecule has 0 bridgehead atoms. The van der Waals surface area contributed by atoms with Crippen molar-refractivity contribution in [2.45, 2.75) is 50.4 Å². The summed E-state index contributed by atoms with van der Waals surface area (Å²) in [5, 5.41) is 0. The number of piperidine rings is 2. The zero-order valence-electron chi connectivity index (χ0n) is 14.3. The molecule has 0 spiro atoms. The first kappa shape index (κ1) is 16.7. The van der Waals surface area contributed by atoms with E-state index in [1.807, 2.05) is 6.07 Å². The summed E-state index contributed by atoms with van der Waals surface area (Å²) >= 11 is 0. The fourth-order valence-electron chi connectivity index (χ4n) is 3.78. The molecule has 5 nitrogen and oxygen atoms in total. The Kier molecular flexibility index (Phi) is 4.33. The number of carbonyl (C=O) groups excluding carboxylic acids is 1. The summed E-state index contributed by atoms with van der Waals surface area (Å²) in [6, 6.07) is 1.90. The van der Waals surface area contributed by atoms with Gasteiger partial charge in [0.2, 0.25) is 5.91 Å². The number of alkyl halides is 2. The van der Waals surface area contributed by atoms with Crippen molar-refractivity contribution in [2.75, 3.05) is 31.1 Å². The van der Waals surface area contributed by atoms with Gasteiger partial charge in [0.15, 0.2) is 0 Å². The van der Waals surface area contributed by atoms with Gasteiger partial charge in [-0.1, -0.05) is 0 Å². The van der Waals surface area contributed by atoms with E-state index in [4.69, 9.17) is 0 Å². The minimum atomic E-state index is -2.62. The number of aromatic nitrogens is 2. The standard InChI is InChI=1S/C18H24F2N4O/c19-18(20)6-10-23(11-7-18)17(25)14-2-1-9-24(12-14)15-5-8-21-16(22-15)13-3-4-13/h5,8,13-14H,1-4,6-7,9-12H2. The molecule has 1 saturated carbocycles. The third-order valence-electron chi connectivity index (χ3n) is 5.50. The van der Waals surface area contributed by atoms with Gasteiger partial charge in [0.1, 0.15) is 11.6 Å². The molecule has 1 aromatic rings. The van der Waals surface area contributed by atoms with Gasteiger partial charge in [0.25, 0.3) is 5.92 Å². The fourth-order valence-corrected chi connectivity index (χ4v) is 3.78. The Morgan fingerprint density at radius 1 is 1.16 bits per heavy atom. The van der Waals surface area contributed by atoms with Crippen molar-refractivity contribution < 1.29 is 13.6 Å². The maximum atomic E-state index is 13.3. The van der Waals surface area contributed by atoms with Crippen LogP contribution in [0.25, 0.3) is 0 Å². The Morgan fingerprint density at radius 3 is 2.64 bits per heavy atom. The van der Waals surface area contributed by atoms with Crippen LogP contribution in [0.4, 0.5) is 14.6 Å². The molecular formula is C18H24F2N4O. The molecule has 7 heteroatoms. The van der Waals surface area contributed by atoms with E-state index in [1.54, 1.807) is 11.1 Å². The highest BCUT2D eigenvalue weighted by molar-refractivity contribution is 5.80. The topological polar surface area (TPSA) is 49.3 Å². The van der Waals surface area contributed by atoms with Crippen molar-refractivity contribution in [1.82, 2.24) is 14.9 Å². The maximum Gasteiger partial charge on any atom is 0.251 e. The predicted octanol–water partition coefficient (Wildman–Crippen LogP) is 2.83. The van der Waals surface area contributed by atoms with E-state index in [1.165, 1.54) is 0 Å². The molecule has 1 atom stereocenters. The molecule has 0 radical (unpaired) electrons. The molecule has 2 aliphatic heterocycles. The molecule has 1 aliphatic carbocycles. The van der Waals surface area contributed by atoms with Crippen LogP contribution >= 0.6 is 0 Å². The molecule has 3 heterocycles. The van der Waals surface area contributed by atoms with Crippen LogP contribution in [0, 0.1) is 5.92 Å². The number of hydrogen-bond acceptors (Lipinski definition) is 4. The summed E-state index contributed by atoms with van der Waals surface area (Å²) in [7, 11) is 0. The summed E-state index contributed by atoms with van der Waals surface area (Å²) < 4.78 is 26.6. The van der Waals surface area contributed by atoms with E-state index in [0.29, 0.717) is 12.5 Å². The minimum absolute atomic E-state index is 0.0247. The van der Waals surface area contributed by atoms with E-state index in [0.717, 1.165) is 43.9 Å². The first-order chi connectivity index (χ1) is 12.0. The van der Waals surface area contributed by atoms with Gasteiger partial charge in [0.05, 0.1) is 5.92 Å². The van der Waals surface area contributed by atoms with Gasteiger partial charge in [-0.3, -0.25) is 4.79 Å². The summed E-state index contributed by atoms with van der Waals surface area (Å²) in [6.07, 6.45) is 5.42. The molecule has 0 N–H and O–H groups in total. The highest BCUT2D eigenvalue weighted by Gasteiger charge is 2.38. The minimum Gasteiger partial charge on any atom is -0.356 e. The van der Waals surface area contributed by atoms with Crippen LogP contribution in [0.5, 0.6) is 0 Å². The molecule has 3 fully saturated rings. The van der Waals surface area contributed by atoms with Gasteiger partial charge >= 0.3 is 0 Å². The zero-order chi connectivity index (χ0) is 17.4. The first-order valence-corrected chi connectivity index (χ1v) is 9.26. The normalized spacial score (nSPS) is 26.6. The number of anilines is 1. The predicted molar refractivity (Wildman–Crippen MR) is 89.7 cm³/mol. The monoisotopic (exact) mass is 350 g/mol. The lowest BCUT2D eigenvalue weighted by Crippen LogP contribution is -2.49. The zero-order valence-corrected chi connectivity index (χ0v) is 14.3. The molecule has 3 aliphatic rings. The first-order valence-electron chi connectivity index (χ1n) is 9.26. The highest BCUT2D eigenvalue weighted by atomic mass is 19.3. The van der Waals surface area contributed by atoms with Gasteiger partial charge < -0.3 is 9.80 Å². The smallest absolute Gasteiger partial charge is 0.251 e. The second-order valence-corrected chi connectivity index (χ2v) is 7.51. The maximum absolute atomic E-state index is 13.3. The second kappa shape index (κ2) is 6.50. The summed E-state index contributed by atoms with van der Waals surface area (Å²) in [6.45, 7) is 1.83. The number of halogens is 2. The summed E-state index contributed by atoms with van der Waals surface area (Å²) in [5.74, 6) is -0.423. The molecule has 136 valence electrons. The number of likely N-dealkylation sites (tertiary alicyclic amines) is 1. The lowest BCUT2D eigenvalue weighted by Gasteiger charge is -2.38. The lowest BCUT2D eigenvalue weighted by atomic mass is 9.95. The average molecular weight is 350 g/mol. The molecule has 1 unspecified atom stereocenters. The largest absolute Gasteiger partial charge is 0.356 e. The number of rotatable bonds is 3. The van der Waals surface area contributed by atoms with Gasteiger partial charge in [-0.25, -0.2) is 18.7 Å². The Morgan fingerprint density at radius 2 is 1.92 bits per heavy atom. The molecule has 0 aromatic carbocycles. The van der Waals surface area contributed by atoms with E-state index in [-0.39, 0.29) is 37.8 Å². The van der Waals surface area contributed by atoms with Crippen molar-refractivity contribution in [2.24, 2.45) is 5.92 Å². The van der Waals surface area contributed by atoms with Crippen LogP contribution in [-0.4, -0.2) is 52.9 Å². The van der Waals surface area contributed by atoms with Gasteiger partial charge in [-0.15, -0.1) is 0 Å². The van der Waals surface area contributed by atoms with Gasteiger partial charge in [0, 0.05) is 51.1 Å². The van der Waals surface area contributed by atoms with Crippen molar-refractivity contribution in [3.63, 3.8) is 0 Å². The molecule has 1 aromatic heterocycles. The van der Waals surface area contributed by atoms with Crippen LogP contribution < -0.4 is 4.90 Å². The van der Waals surface area contributed by atoms with E-state index >= 15 is 0 Å². The summed E-state index contributed by atoms with van der Waals surface area (Å²) in [4.78, 5) is 25.6. The van der Waals surface area contributed by atoms with Crippen LogP contribution in [0.3, 0.4) is 0 Å². The molecular weight excluding hydrogens is 326 g/mol. The van der Waals surface area contributed by atoms with Crippen LogP contribution in [0.2, 0.25) is 0 Å². The number of carbonyl (C=O) groups is 1. The van der Waals surface area contributed by atoms with Crippen molar-refractivity contribution in [3.05, 3.63) is 18.1 Å². The molecule has 4 rings (SSSR count). The summed E-state index contributed by atoms with van der Waals surface area (Å²) in [5.41, 5.74) is 0. The quantitative estimate of drug-likeness (QED) is 0.841. The third kappa shape index (κ3) is 3.75. The fraction of sp³-hybridized carbons (Fsp3) is 0.722. The van der Waals surface area contributed by atoms with Crippen molar-refractivity contribution >= 4 is 11.7 Å². The van der Waals surface area contributed by atoms with E-state index < -0.39 is 5.92 Å². The van der Waals surface area contributed by atoms with Crippen LogP contribution in [0.1, 0.15) is 50.3 Å². The Bertz CT molecular complexity index is 640. The number of hydrogen-bond donors (Lipinski definition) is 0. The number of amides is 1. The van der Waals surface area contributed by atoms with Crippen LogP contribution in [0.15, 0.2) is 12.3 Å². The lowest BCUT2D eigenvalue weighted by molar-refractivity contribution is -0.141. The molecule has 2 saturated heterocycles. The Labute approximate surface area is 146 Å². The van der Waals surface area contributed by atoms with Gasteiger partial charge in [-0.05, 0) is 31.7 Å².